The highest BCUT2D eigenvalue weighted by Crippen LogP contribution is 2.27. The van der Waals surface area contributed by atoms with Gasteiger partial charge in [-0.25, -0.2) is 32.7 Å². The molecule has 186 valence electrons. The van der Waals surface area contributed by atoms with Crippen LogP contribution in [0.2, 0.25) is 0 Å². The van der Waals surface area contributed by atoms with Crippen LogP contribution >= 0.6 is 0 Å². The first-order valence-electron chi connectivity index (χ1n) is 11.2. The van der Waals surface area contributed by atoms with Crippen LogP contribution in [-0.2, 0) is 18.3 Å². The summed E-state index contributed by atoms with van der Waals surface area (Å²) in [6.45, 7) is 3.18. The van der Waals surface area contributed by atoms with Gasteiger partial charge in [0.15, 0.2) is 0 Å². The maximum Gasteiger partial charge on any atom is 0.414 e. The maximum absolute atomic E-state index is 15.1. The molecular weight excluding hydrogens is 457 g/mol. The third-order valence-electron chi connectivity index (χ3n) is 6.08. The van der Waals surface area contributed by atoms with E-state index in [-0.39, 0.29) is 26.2 Å². The minimum atomic E-state index is -0.564. The fraction of sp³-hybridized carbons (Fsp3) is 0.348. The van der Waals surface area contributed by atoms with E-state index in [1.165, 1.54) is 27.4 Å². The molecule has 0 bridgehead atoms. The Kier molecular flexibility index (Phi) is 6.65. The summed E-state index contributed by atoms with van der Waals surface area (Å²) in [5, 5.41) is 0. The van der Waals surface area contributed by atoms with Crippen molar-refractivity contribution in [3.05, 3.63) is 69.3 Å². The highest BCUT2D eigenvalue weighted by atomic mass is 19.1. The van der Waals surface area contributed by atoms with Crippen LogP contribution in [0.5, 0.6) is 0 Å². The molecule has 0 spiro atoms. The molecular formula is C23H28FN7O4. The summed E-state index contributed by atoms with van der Waals surface area (Å²) in [5.74, 6) is -0.519. The quantitative estimate of drug-likeness (QED) is 0.452. The number of carbonyl (C=O) groups is 1. The number of halogens is 1. The summed E-state index contributed by atoms with van der Waals surface area (Å²) in [7, 11) is 1.51. The molecule has 4 rings (SSSR count). The van der Waals surface area contributed by atoms with Crippen molar-refractivity contribution in [3.63, 3.8) is 0 Å². The van der Waals surface area contributed by atoms with E-state index in [0.717, 1.165) is 4.57 Å². The number of hydrogen-bond donors (Lipinski definition) is 2. The Morgan fingerprint density at radius 3 is 2.37 bits per heavy atom. The number of benzene rings is 2. The van der Waals surface area contributed by atoms with E-state index in [9.17, 15) is 14.4 Å². The topological polar surface area (TPSA) is 134 Å². The molecule has 12 heteroatoms. The molecule has 1 saturated heterocycles. The molecule has 0 radical (unpaired) electrons. The van der Waals surface area contributed by atoms with Crippen LogP contribution in [-0.4, -0.2) is 52.3 Å². The summed E-state index contributed by atoms with van der Waals surface area (Å²) < 4.78 is 23.8. The Balaban J connectivity index is 1.55. The molecule has 1 atom stereocenters. The van der Waals surface area contributed by atoms with Crippen molar-refractivity contribution >= 4 is 23.2 Å². The minimum Gasteiger partial charge on any atom is -0.443 e. The smallest absolute Gasteiger partial charge is 0.414 e. The lowest BCUT2D eigenvalue weighted by atomic mass is 10.2. The van der Waals surface area contributed by atoms with Gasteiger partial charge in [0, 0.05) is 32.4 Å². The summed E-state index contributed by atoms with van der Waals surface area (Å²) in [5.41, 5.74) is 11.9. The average molecular weight is 486 g/mol. The van der Waals surface area contributed by atoms with Crippen molar-refractivity contribution in [2.75, 3.05) is 41.7 Å². The van der Waals surface area contributed by atoms with E-state index in [2.05, 4.69) is 0 Å². The molecule has 1 aliphatic heterocycles. The maximum atomic E-state index is 15.1. The number of ether oxygens (including phenoxy) is 1. The van der Waals surface area contributed by atoms with Crippen molar-refractivity contribution in [2.24, 2.45) is 12.8 Å². The van der Waals surface area contributed by atoms with Crippen LogP contribution in [0.3, 0.4) is 0 Å². The molecule has 4 N–H and O–H groups in total. The number of nitrogen functional groups attached to an aromatic ring is 1. The van der Waals surface area contributed by atoms with Crippen molar-refractivity contribution in [1.29, 1.82) is 0 Å². The summed E-state index contributed by atoms with van der Waals surface area (Å²) in [4.78, 5) is 40.9. The van der Waals surface area contributed by atoms with Crippen LogP contribution < -0.4 is 32.6 Å². The fourth-order valence-electron chi connectivity index (χ4n) is 4.10. The van der Waals surface area contributed by atoms with Gasteiger partial charge >= 0.3 is 17.5 Å². The lowest BCUT2D eigenvalue weighted by Crippen LogP contribution is -2.34. The zero-order valence-corrected chi connectivity index (χ0v) is 19.6. The second-order valence-electron chi connectivity index (χ2n) is 8.21. The molecule has 11 nitrogen and oxygen atoms in total. The Morgan fingerprint density at radius 1 is 1.09 bits per heavy atom. The van der Waals surface area contributed by atoms with Gasteiger partial charge in [0.2, 0.25) is 0 Å². The molecule has 0 saturated carbocycles. The van der Waals surface area contributed by atoms with Crippen LogP contribution in [0.1, 0.15) is 6.92 Å². The first kappa shape index (κ1) is 24.1. The van der Waals surface area contributed by atoms with Crippen LogP contribution in [0.25, 0.3) is 5.69 Å². The predicted octanol–water partition coefficient (Wildman–Crippen LogP) is 0.869. The van der Waals surface area contributed by atoms with E-state index < -0.39 is 29.4 Å². The largest absolute Gasteiger partial charge is 0.443 e. The predicted molar refractivity (Wildman–Crippen MR) is 131 cm³/mol. The molecule has 35 heavy (non-hydrogen) atoms. The second-order valence-corrected chi connectivity index (χ2v) is 8.21. The van der Waals surface area contributed by atoms with Gasteiger partial charge in [0.25, 0.3) is 0 Å². The molecule has 2 aromatic carbocycles. The van der Waals surface area contributed by atoms with Gasteiger partial charge in [0.1, 0.15) is 11.9 Å². The Bertz CT molecular complexity index is 1350. The number of hydrogen-bond acceptors (Lipinski definition) is 7. The van der Waals surface area contributed by atoms with Crippen LogP contribution in [0.15, 0.2) is 52.1 Å². The number of cyclic esters (lactones) is 1. The average Bonchev–Trinajstić information content (AvgIpc) is 3.32. The van der Waals surface area contributed by atoms with Gasteiger partial charge in [0.05, 0.1) is 30.2 Å². The zero-order valence-electron chi connectivity index (χ0n) is 19.6. The van der Waals surface area contributed by atoms with E-state index >= 15 is 4.39 Å². The Morgan fingerprint density at radius 2 is 1.77 bits per heavy atom. The number of nitrogens with zero attached hydrogens (tertiary/aromatic N) is 5. The first-order chi connectivity index (χ1) is 16.7. The van der Waals surface area contributed by atoms with Gasteiger partial charge in [-0.3, -0.25) is 4.90 Å². The normalized spacial score (nSPS) is 15.5. The van der Waals surface area contributed by atoms with E-state index in [1.54, 1.807) is 41.3 Å². The van der Waals surface area contributed by atoms with E-state index in [1.807, 2.05) is 6.92 Å². The molecule has 1 amide bonds. The van der Waals surface area contributed by atoms with Gasteiger partial charge < -0.3 is 21.1 Å². The number of amides is 1. The standard InChI is InChI=1S/C23H28FN7O4/c1-3-28(20-9-8-17(12-19(20)24)29-14-18(13-25)35-23(29)34)10-11-30-22(33)31(21(32)27(30)2)16-6-4-15(26)5-7-16/h4-9,12,18H,3,10-11,13-14,25-26H2,1-2H3/t18-/m0/s1. The highest BCUT2D eigenvalue weighted by molar-refractivity contribution is 5.90. The molecule has 1 fully saturated rings. The number of aromatic nitrogens is 3. The number of anilines is 3. The molecule has 0 aliphatic carbocycles. The monoisotopic (exact) mass is 485 g/mol. The molecule has 1 aromatic heterocycles. The summed E-state index contributed by atoms with van der Waals surface area (Å²) >= 11 is 0. The third-order valence-corrected chi connectivity index (χ3v) is 6.08. The number of carbonyl (C=O) groups excluding carboxylic acids is 1. The number of likely N-dealkylation sites (N-methyl/N-ethyl adjacent to an activating group) is 1. The fourth-order valence-corrected chi connectivity index (χ4v) is 4.10. The Labute approximate surface area is 200 Å². The van der Waals surface area contributed by atoms with Gasteiger partial charge in [-0.05, 0) is 49.4 Å². The SMILES string of the molecule is CCN(CCn1c(=O)n(-c2ccc(N)cc2)c(=O)n1C)c1ccc(N2C[C@H](CN)OC2=O)cc1F. The Hall–Kier alpha value is -4.06. The third kappa shape index (κ3) is 4.52. The van der Waals surface area contributed by atoms with Crippen molar-refractivity contribution < 1.29 is 13.9 Å². The lowest BCUT2D eigenvalue weighted by molar-refractivity contribution is 0.145. The lowest BCUT2D eigenvalue weighted by Gasteiger charge is -2.25. The molecule has 1 aliphatic rings. The second kappa shape index (κ2) is 9.66. The molecule has 0 unspecified atom stereocenters. The molecule has 3 aromatic rings. The first-order valence-corrected chi connectivity index (χ1v) is 11.2. The summed E-state index contributed by atoms with van der Waals surface area (Å²) in [6, 6.07) is 10.9. The van der Waals surface area contributed by atoms with Gasteiger partial charge in [-0.15, -0.1) is 0 Å². The highest BCUT2D eigenvalue weighted by Gasteiger charge is 2.32. The van der Waals surface area contributed by atoms with E-state index in [0.29, 0.717) is 29.3 Å². The summed E-state index contributed by atoms with van der Waals surface area (Å²) in [6.07, 6.45) is -0.992. The van der Waals surface area contributed by atoms with Crippen LogP contribution in [0.4, 0.5) is 26.2 Å². The zero-order chi connectivity index (χ0) is 25.3. The van der Waals surface area contributed by atoms with Crippen molar-refractivity contribution in [2.45, 2.75) is 19.6 Å². The van der Waals surface area contributed by atoms with Crippen molar-refractivity contribution in [3.8, 4) is 5.69 Å². The van der Waals surface area contributed by atoms with Crippen molar-refractivity contribution in [1.82, 2.24) is 13.9 Å². The van der Waals surface area contributed by atoms with Gasteiger partial charge in [-0.1, -0.05) is 0 Å². The van der Waals surface area contributed by atoms with Gasteiger partial charge in [-0.2, -0.15) is 0 Å². The van der Waals surface area contributed by atoms with Crippen LogP contribution in [0, 0.1) is 5.82 Å². The number of nitrogens with two attached hydrogens (primary N) is 2. The minimum absolute atomic E-state index is 0.151. The molecule has 2 heterocycles. The number of rotatable bonds is 8. The van der Waals surface area contributed by atoms with E-state index in [4.69, 9.17) is 16.2 Å².